The van der Waals surface area contributed by atoms with Gasteiger partial charge in [0.2, 0.25) is 0 Å². The van der Waals surface area contributed by atoms with E-state index >= 15 is 0 Å². The van der Waals surface area contributed by atoms with Crippen LogP contribution >= 0.6 is 0 Å². The molecule has 0 fully saturated rings. The van der Waals surface area contributed by atoms with Crippen molar-refractivity contribution in [1.29, 1.82) is 0 Å². The lowest BCUT2D eigenvalue weighted by atomic mass is 10.2. The summed E-state index contributed by atoms with van der Waals surface area (Å²) in [6.45, 7) is 5.17. The SMILES string of the molecule is CCCNC(CC)O[Si](Cc1ccccc1)(OC)OC. The highest BCUT2D eigenvalue weighted by molar-refractivity contribution is 6.60. The quantitative estimate of drug-likeness (QED) is 0.532. The van der Waals surface area contributed by atoms with Crippen LogP contribution in [-0.2, 0) is 19.3 Å². The van der Waals surface area contributed by atoms with Crippen LogP contribution in [0, 0.1) is 0 Å². The molecule has 0 spiro atoms. The summed E-state index contributed by atoms with van der Waals surface area (Å²) in [5, 5.41) is 3.38. The first kappa shape index (κ1) is 17.3. The molecule has 1 rings (SSSR count). The van der Waals surface area contributed by atoms with Gasteiger partial charge < -0.3 is 13.3 Å². The van der Waals surface area contributed by atoms with Gasteiger partial charge in [0.15, 0.2) is 0 Å². The van der Waals surface area contributed by atoms with Crippen LogP contribution in [0.5, 0.6) is 0 Å². The molecule has 0 aliphatic carbocycles. The van der Waals surface area contributed by atoms with Crippen LogP contribution < -0.4 is 5.32 Å². The van der Waals surface area contributed by atoms with Crippen molar-refractivity contribution in [3.05, 3.63) is 35.9 Å². The summed E-state index contributed by atoms with van der Waals surface area (Å²) in [6, 6.07) is 10.9. The molecule has 0 aliphatic heterocycles. The largest absolute Gasteiger partial charge is 0.506 e. The van der Waals surface area contributed by atoms with Crippen LogP contribution in [0.25, 0.3) is 0 Å². The summed E-state index contributed by atoms with van der Waals surface area (Å²) in [5.74, 6) is 0. The molecule has 1 atom stereocenters. The fourth-order valence-corrected chi connectivity index (χ4v) is 4.15. The van der Waals surface area contributed by atoms with E-state index in [4.69, 9.17) is 13.3 Å². The van der Waals surface area contributed by atoms with Crippen molar-refractivity contribution < 1.29 is 13.3 Å². The zero-order chi connectivity index (χ0) is 14.8. The van der Waals surface area contributed by atoms with Crippen LogP contribution in [0.3, 0.4) is 0 Å². The molecule has 114 valence electrons. The number of hydrogen-bond donors (Lipinski definition) is 1. The maximum Gasteiger partial charge on any atom is 0.506 e. The molecule has 0 bridgehead atoms. The Morgan fingerprint density at radius 2 is 1.75 bits per heavy atom. The highest BCUT2D eigenvalue weighted by Crippen LogP contribution is 2.17. The number of benzene rings is 1. The van der Waals surface area contributed by atoms with E-state index in [2.05, 4.69) is 31.3 Å². The zero-order valence-corrected chi connectivity index (χ0v) is 14.0. The Balaban J connectivity index is 2.74. The van der Waals surface area contributed by atoms with Gasteiger partial charge in [0, 0.05) is 20.3 Å². The summed E-state index contributed by atoms with van der Waals surface area (Å²) in [7, 11) is 0.663. The van der Waals surface area contributed by atoms with E-state index < -0.39 is 8.80 Å². The average molecular weight is 297 g/mol. The fraction of sp³-hybridized carbons (Fsp3) is 0.600. The van der Waals surface area contributed by atoms with Crippen molar-refractivity contribution in [1.82, 2.24) is 5.32 Å². The minimum absolute atomic E-state index is 0.0229. The predicted octanol–water partition coefficient (Wildman–Crippen LogP) is 2.75. The number of nitrogens with one attached hydrogen (secondary N) is 1. The van der Waals surface area contributed by atoms with E-state index in [1.165, 1.54) is 5.56 Å². The first-order valence-corrected chi connectivity index (χ1v) is 9.18. The van der Waals surface area contributed by atoms with Crippen molar-refractivity contribution in [2.24, 2.45) is 0 Å². The molecule has 1 aromatic carbocycles. The lowest BCUT2D eigenvalue weighted by molar-refractivity contribution is 0.0367. The van der Waals surface area contributed by atoms with Gasteiger partial charge in [-0.25, -0.2) is 0 Å². The van der Waals surface area contributed by atoms with Gasteiger partial charge in [0.25, 0.3) is 0 Å². The highest BCUT2D eigenvalue weighted by Gasteiger charge is 2.41. The monoisotopic (exact) mass is 297 g/mol. The molecule has 0 aliphatic rings. The Morgan fingerprint density at radius 1 is 1.10 bits per heavy atom. The van der Waals surface area contributed by atoms with Crippen LogP contribution in [-0.4, -0.2) is 35.8 Å². The van der Waals surface area contributed by atoms with E-state index in [1.807, 2.05) is 18.2 Å². The smallest absolute Gasteiger partial charge is 0.377 e. The van der Waals surface area contributed by atoms with Crippen molar-refractivity contribution in [2.45, 2.75) is 39.0 Å². The Hall–Kier alpha value is -0.723. The van der Waals surface area contributed by atoms with Crippen molar-refractivity contribution in [2.75, 3.05) is 20.8 Å². The second-order valence-corrected chi connectivity index (χ2v) is 7.49. The van der Waals surface area contributed by atoms with Gasteiger partial charge in [-0.15, -0.1) is 0 Å². The third-order valence-corrected chi connectivity index (χ3v) is 5.93. The Labute approximate surface area is 123 Å². The van der Waals surface area contributed by atoms with Crippen molar-refractivity contribution in [3.63, 3.8) is 0 Å². The molecule has 5 heteroatoms. The summed E-state index contributed by atoms with van der Waals surface area (Å²) >= 11 is 0. The maximum absolute atomic E-state index is 6.18. The number of hydrogen-bond acceptors (Lipinski definition) is 4. The van der Waals surface area contributed by atoms with Crippen LogP contribution in [0.1, 0.15) is 32.3 Å². The van der Waals surface area contributed by atoms with Crippen molar-refractivity contribution >= 4 is 8.80 Å². The molecule has 0 heterocycles. The normalized spacial score (nSPS) is 13.4. The number of rotatable bonds is 10. The molecule has 0 saturated carbocycles. The van der Waals surface area contributed by atoms with Gasteiger partial charge in [-0.05, 0) is 24.9 Å². The Morgan fingerprint density at radius 3 is 2.25 bits per heavy atom. The summed E-state index contributed by atoms with van der Waals surface area (Å²) < 4.78 is 17.5. The molecule has 1 unspecified atom stereocenters. The van der Waals surface area contributed by atoms with Gasteiger partial charge in [0.1, 0.15) is 6.23 Å². The third-order valence-electron chi connectivity index (χ3n) is 3.20. The van der Waals surface area contributed by atoms with E-state index in [0.29, 0.717) is 6.04 Å². The fourth-order valence-electron chi connectivity index (χ4n) is 2.00. The molecule has 1 N–H and O–H groups in total. The molecular formula is C15H27NO3Si. The second-order valence-electron chi connectivity index (χ2n) is 4.72. The molecule has 20 heavy (non-hydrogen) atoms. The van der Waals surface area contributed by atoms with Crippen LogP contribution in [0.4, 0.5) is 0 Å². The summed E-state index contributed by atoms with van der Waals surface area (Å²) in [5.41, 5.74) is 1.17. The standard InChI is InChI=1S/C15H27NO3Si/c1-5-12-16-15(6-2)19-20(17-3,18-4)13-14-10-8-7-9-11-14/h7-11,15-16H,5-6,12-13H2,1-4H3. The van der Waals surface area contributed by atoms with Gasteiger partial charge in [0.05, 0.1) is 0 Å². The Kier molecular flexibility index (Phi) is 8.02. The predicted molar refractivity (Wildman–Crippen MR) is 83.4 cm³/mol. The third kappa shape index (κ3) is 5.34. The molecule has 0 aromatic heterocycles. The van der Waals surface area contributed by atoms with Gasteiger partial charge in [-0.3, -0.25) is 5.32 Å². The Bertz CT molecular complexity index is 357. The van der Waals surface area contributed by atoms with Crippen LogP contribution in [0.2, 0.25) is 0 Å². The lowest BCUT2D eigenvalue weighted by Gasteiger charge is -2.31. The molecular weight excluding hydrogens is 270 g/mol. The van der Waals surface area contributed by atoms with E-state index in [1.54, 1.807) is 14.2 Å². The van der Waals surface area contributed by atoms with E-state index in [-0.39, 0.29) is 6.23 Å². The first-order chi connectivity index (χ1) is 9.69. The van der Waals surface area contributed by atoms with Crippen LogP contribution in [0.15, 0.2) is 30.3 Å². The highest BCUT2D eigenvalue weighted by atomic mass is 28.4. The molecule has 0 radical (unpaired) electrons. The second kappa shape index (κ2) is 9.26. The van der Waals surface area contributed by atoms with E-state index in [9.17, 15) is 0 Å². The average Bonchev–Trinajstić information content (AvgIpc) is 2.51. The zero-order valence-electron chi connectivity index (χ0n) is 13.0. The molecule has 0 amide bonds. The minimum Gasteiger partial charge on any atom is -0.377 e. The van der Waals surface area contributed by atoms with Gasteiger partial charge >= 0.3 is 8.80 Å². The summed E-state index contributed by atoms with van der Waals surface area (Å²) in [4.78, 5) is 0. The summed E-state index contributed by atoms with van der Waals surface area (Å²) in [6.07, 6.45) is 1.94. The van der Waals surface area contributed by atoms with Crippen molar-refractivity contribution in [3.8, 4) is 0 Å². The van der Waals surface area contributed by atoms with Gasteiger partial charge in [-0.1, -0.05) is 44.2 Å². The van der Waals surface area contributed by atoms with E-state index in [0.717, 1.165) is 19.4 Å². The maximum atomic E-state index is 6.18. The lowest BCUT2D eigenvalue weighted by Crippen LogP contribution is -2.52. The first-order valence-electron chi connectivity index (χ1n) is 7.25. The van der Waals surface area contributed by atoms with Gasteiger partial charge in [-0.2, -0.15) is 0 Å². The topological polar surface area (TPSA) is 39.7 Å². The molecule has 1 aromatic rings. The molecule has 0 saturated heterocycles. The molecule has 4 nitrogen and oxygen atoms in total. The minimum atomic E-state index is -2.68.